The molecule has 0 spiro atoms. The predicted molar refractivity (Wildman–Crippen MR) is 96.6 cm³/mol. The highest BCUT2D eigenvalue weighted by atomic mass is 16.5. The number of nitrogens with zero attached hydrogens (tertiary/aromatic N) is 1. The van der Waals surface area contributed by atoms with E-state index in [1.54, 1.807) is 0 Å². The Morgan fingerprint density at radius 3 is 2.38 bits per heavy atom. The number of rotatable bonds is 5. The fourth-order valence-electron chi connectivity index (χ4n) is 6.58. The van der Waals surface area contributed by atoms with Gasteiger partial charge in [-0.3, -0.25) is 9.69 Å². The molecule has 4 nitrogen and oxygen atoms in total. The van der Waals surface area contributed by atoms with Gasteiger partial charge >= 0.3 is 5.97 Å². The molecule has 2 aliphatic carbocycles. The molecule has 4 heteroatoms. The van der Waals surface area contributed by atoms with E-state index < -0.39 is 0 Å². The lowest BCUT2D eigenvalue weighted by Crippen LogP contribution is -2.67. The van der Waals surface area contributed by atoms with Gasteiger partial charge in [-0.2, -0.15) is 0 Å². The Labute approximate surface area is 147 Å². The Hall–Kier alpha value is -0.610. The van der Waals surface area contributed by atoms with Gasteiger partial charge in [0.05, 0.1) is 12.5 Å². The molecule has 0 aromatic carbocycles. The van der Waals surface area contributed by atoms with Crippen molar-refractivity contribution in [3.8, 4) is 0 Å². The second kappa shape index (κ2) is 6.28. The number of ether oxygens (including phenoxy) is 1. The van der Waals surface area contributed by atoms with E-state index in [-0.39, 0.29) is 28.3 Å². The summed E-state index contributed by atoms with van der Waals surface area (Å²) in [6, 6.07) is 0. The van der Waals surface area contributed by atoms with Crippen LogP contribution in [0.25, 0.3) is 0 Å². The largest absolute Gasteiger partial charge is 0.466 e. The minimum atomic E-state index is -0.204. The van der Waals surface area contributed by atoms with Crippen molar-refractivity contribution >= 4 is 5.97 Å². The number of piperidine rings is 1. The lowest BCUT2D eigenvalue weighted by molar-refractivity contribution is -0.164. The van der Waals surface area contributed by atoms with Gasteiger partial charge in [-0.25, -0.2) is 0 Å². The maximum absolute atomic E-state index is 12.9. The maximum Gasteiger partial charge on any atom is 0.312 e. The van der Waals surface area contributed by atoms with Crippen molar-refractivity contribution in [3.63, 3.8) is 0 Å². The Balaban J connectivity index is 2.07. The van der Waals surface area contributed by atoms with E-state index in [1.807, 2.05) is 6.92 Å². The smallest absolute Gasteiger partial charge is 0.312 e. The van der Waals surface area contributed by atoms with Crippen molar-refractivity contribution in [2.75, 3.05) is 26.2 Å². The van der Waals surface area contributed by atoms with Crippen molar-refractivity contribution in [2.45, 2.75) is 71.8 Å². The summed E-state index contributed by atoms with van der Waals surface area (Å²) in [4.78, 5) is 15.6. The summed E-state index contributed by atoms with van der Waals surface area (Å²) in [6.45, 7) is 12.2. The minimum absolute atomic E-state index is 0.0739. The lowest BCUT2D eigenvalue weighted by atomic mass is 9.57. The highest BCUT2D eigenvalue weighted by Gasteiger charge is 2.73. The number of fused-ring (bicyclic) bond motifs is 2. The molecule has 1 aliphatic heterocycles. The molecule has 3 fully saturated rings. The molecule has 2 N–H and O–H groups in total. The van der Waals surface area contributed by atoms with E-state index >= 15 is 0 Å². The van der Waals surface area contributed by atoms with Crippen LogP contribution in [-0.2, 0) is 9.53 Å². The van der Waals surface area contributed by atoms with Gasteiger partial charge < -0.3 is 10.5 Å². The zero-order valence-electron chi connectivity index (χ0n) is 16.1. The SMILES string of the molecule is CCOC(=O)[C@H](CN)[C@]1(N2CCCCC2)C[C@@H]2CC[C@@]1(C)C2(C)C. The molecule has 0 aromatic rings. The average molecular weight is 337 g/mol. The topological polar surface area (TPSA) is 55.6 Å². The van der Waals surface area contributed by atoms with E-state index in [0.29, 0.717) is 19.1 Å². The van der Waals surface area contributed by atoms with Crippen LogP contribution >= 0.6 is 0 Å². The van der Waals surface area contributed by atoms with E-state index in [9.17, 15) is 4.79 Å². The first-order valence-corrected chi connectivity index (χ1v) is 9.97. The number of likely N-dealkylation sites (tertiary alicyclic amines) is 1. The highest BCUT2D eigenvalue weighted by molar-refractivity contribution is 5.75. The van der Waals surface area contributed by atoms with Gasteiger partial charge in [0.1, 0.15) is 0 Å². The summed E-state index contributed by atoms with van der Waals surface area (Å²) < 4.78 is 5.50. The molecule has 0 radical (unpaired) electrons. The molecular weight excluding hydrogens is 300 g/mol. The van der Waals surface area contributed by atoms with Crippen LogP contribution in [0.4, 0.5) is 0 Å². The Kier molecular flexibility index (Phi) is 4.76. The van der Waals surface area contributed by atoms with Gasteiger partial charge in [-0.1, -0.05) is 27.2 Å². The standard InChI is InChI=1S/C20H36N2O2/c1-5-24-17(23)16(14-21)20(22-11-7-6-8-12-22)13-15-9-10-19(20,4)18(15,2)3/h15-16H,5-14,21H2,1-4H3/t15-,16-,19-,20+/m0/s1. The number of esters is 1. The van der Waals surface area contributed by atoms with Crippen LogP contribution in [0, 0.1) is 22.7 Å². The van der Waals surface area contributed by atoms with E-state index in [1.165, 1.54) is 32.1 Å². The summed E-state index contributed by atoms with van der Waals surface area (Å²) in [5, 5.41) is 0. The maximum atomic E-state index is 12.9. The van der Waals surface area contributed by atoms with Crippen LogP contribution < -0.4 is 5.73 Å². The summed E-state index contributed by atoms with van der Waals surface area (Å²) in [6.07, 6.45) is 7.39. The molecular formula is C20H36N2O2. The third kappa shape index (κ3) is 2.21. The second-order valence-electron chi connectivity index (χ2n) is 9.01. The van der Waals surface area contributed by atoms with Crippen LogP contribution in [0.3, 0.4) is 0 Å². The van der Waals surface area contributed by atoms with Gasteiger partial charge in [0.15, 0.2) is 0 Å². The van der Waals surface area contributed by atoms with E-state index in [4.69, 9.17) is 10.5 Å². The van der Waals surface area contributed by atoms with Gasteiger partial charge in [0.25, 0.3) is 0 Å². The molecule has 2 bridgehead atoms. The number of carbonyl (C=O) groups excluding carboxylic acids is 1. The van der Waals surface area contributed by atoms with Crippen LogP contribution in [0.1, 0.15) is 66.2 Å². The fraction of sp³-hybridized carbons (Fsp3) is 0.950. The summed E-state index contributed by atoms with van der Waals surface area (Å²) in [7, 11) is 0. The quantitative estimate of drug-likeness (QED) is 0.783. The lowest BCUT2D eigenvalue weighted by Gasteiger charge is -2.58. The molecule has 24 heavy (non-hydrogen) atoms. The molecule has 3 rings (SSSR count). The Morgan fingerprint density at radius 2 is 1.92 bits per heavy atom. The summed E-state index contributed by atoms with van der Waals surface area (Å²) in [5.74, 6) is 0.410. The normalized spacial score (nSPS) is 39.8. The number of hydrogen-bond donors (Lipinski definition) is 1. The molecule has 1 heterocycles. The monoisotopic (exact) mass is 336 g/mol. The zero-order valence-corrected chi connectivity index (χ0v) is 16.1. The third-order valence-electron chi connectivity index (χ3n) is 8.25. The Morgan fingerprint density at radius 1 is 1.25 bits per heavy atom. The van der Waals surface area contributed by atoms with Crippen LogP contribution in [0.2, 0.25) is 0 Å². The van der Waals surface area contributed by atoms with Gasteiger partial charge in [-0.05, 0) is 68.9 Å². The Bertz CT molecular complexity index is 486. The minimum Gasteiger partial charge on any atom is -0.466 e. The number of nitrogens with two attached hydrogens (primary N) is 1. The number of carbonyl (C=O) groups is 1. The highest BCUT2D eigenvalue weighted by Crippen LogP contribution is 2.73. The van der Waals surface area contributed by atoms with Crippen LogP contribution in [-0.4, -0.2) is 42.6 Å². The first kappa shape index (κ1) is 18.2. The zero-order chi connectivity index (χ0) is 17.6. The molecule has 0 amide bonds. The molecule has 4 atom stereocenters. The summed E-state index contributed by atoms with van der Waals surface area (Å²) >= 11 is 0. The van der Waals surface area contributed by atoms with E-state index in [2.05, 4.69) is 25.7 Å². The van der Waals surface area contributed by atoms with Crippen molar-refractivity contribution in [1.29, 1.82) is 0 Å². The predicted octanol–water partition coefficient (Wildman–Crippen LogP) is 3.20. The average Bonchev–Trinajstić information content (AvgIpc) is 2.89. The van der Waals surface area contributed by atoms with Crippen molar-refractivity contribution in [2.24, 2.45) is 28.4 Å². The molecule has 0 aromatic heterocycles. The fourth-order valence-corrected chi connectivity index (χ4v) is 6.58. The first-order chi connectivity index (χ1) is 11.3. The molecule has 1 saturated heterocycles. The van der Waals surface area contributed by atoms with Crippen molar-refractivity contribution in [3.05, 3.63) is 0 Å². The van der Waals surface area contributed by atoms with E-state index in [0.717, 1.165) is 19.5 Å². The van der Waals surface area contributed by atoms with Crippen LogP contribution in [0.5, 0.6) is 0 Å². The van der Waals surface area contributed by atoms with Gasteiger partial charge in [-0.15, -0.1) is 0 Å². The van der Waals surface area contributed by atoms with Gasteiger partial charge in [0, 0.05) is 12.1 Å². The third-order valence-corrected chi connectivity index (χ3v) is 8.25. The molecule has 0 unspecified atom stereocenters. The van der Waals surface area contributed by atoms with Crippen LogP contribution in [0.15, 0.2) is 0 Å². The van der Waals surface area contributed by atoms with Crippen molar-refractivity contribution < 1.29 is 9.53 Å². The molecule has 138 valence electrons. The first-order valence-electron chi connectivity index (χ1n) is 9.97. The number of hydrogen-bond acceptors (Lipinski definition) is 4. The molecule has 3 aliphatic rings. The second-order valence-corrected chi connectivity index (χ2v) is 9.01. The van der Waals surface area contributed by atoms with Crippen molar-refractivity contribution in [1.82, 2.24) is 4.90 Å². The van der Waals surface area contributed by atoms with Gasteiger partial charge in [0.2, 0.25) is 0 Å². The summed E-state index contributed by atoms with van der Waals surface area (Å²) in [5.41, 5.74) is 6.48. The molecule has 2 saturated carbocycles.